The third-order valence-corrected chi connectivity index (χ3v) is 3.57. The number of amides is 1. The van der Waals surface area contributed by atoms with Gasteiger partial charge in [-0.05, 0) is 37.0 Å². The number of benzene rings is 1. The molecule has 2 rings (SSSR count). The number of nitrogens with two attached hydrogens (primary N) is 1. The maximum atomic E-state index is 12.2. The minimum absolute atomic E-state index is 0.117. The largest absolute Gasteiger partial charge is 0.392 e. The zero-order valence-corrected chi connectivity index (χ0v) is 12.0. The smallest absolute Gasteiger partial charge is 0.251 e. The van der Waals surface area contributed by atoms with Crippen LogP contribution in [0.1, 0.15) is 23.2 Å². The molecule has 0 aromatic heterocycles. The summed E-state index contributed by atoms with van der Waals surface area (Å²) in [7, 11) is 3.89. The lowest BCUT2D eigenvalue weighted by atomic mass is 10.1. The Morgan fingerprint density at radius 3 is 2.68 bits per heavy atom. The minimum atomic E-state index is -0.175. The van der Waals surface area contributed by atoms with Crippen LogP contribution >= 0.6 is 12.2 Å². The molecule has 1 amide bonds. The number of thiocarbonyl (C=S) groups is 1. The van der Waals surface area contributed by atoms with Crippen LogP contribution < -0.4 is 16.0 Å². The van der Waals surface area contributed by atoms with E-state index < -0.39 is 0 Å². The first-order valence-electron chi connectivity index (χ1n) is 6.36. The number of hydrogen-bond donors (Lipinski definition) is 2. The van der Waals surface area contributed by atoms with Crippen LogP contribution in [0.5, 0.6) is 0 Å². The fourth-order valence-corrected chi connectivity index (χ4v) is 2.25. The van der Waals surface area contributed by atoms with Crippen LogP contribution in [0.2, 0.25) is 0 Å². The number of carbonyl (C=O) groups is 1. The van der Waals surface area contributed by atoms with Gasteiger partial charge in [0, 0.05) is 25.3 Å². The van der Waals surface area contributed by atoms with Gasteiger partial charge in [0.15, 0.2) is 0 Å². The summed E-state index contributed by atoms with van der Waals surface area (Å²) in [6.07, 6.45) is 2.17. The van der Waals surface area contributed by atoms with Gasteiger partial charge in [-0.15, -0.1) is 0 Å². The van der Waals surface area contributed by atoms with E-state index in [9.17, 15) is 4.79 Å². The molecule has 0 radical (unpaired) electrons. The molecule has 1 aliphatic rings. The van der Waals surface area contributed by atoms with Gasteiger partial charge in [-0.25, -0.2) is 0 Å². The number of hydrogen-bond acceptors (Lipinski definition) is 3. The Morgan fingerprint density at radius 1 is 1.47 bits per heavy atom. The maximum absolute atomic E-state index is 12.2. The summed E-state index contributed by atoms with van der Waals surface area (Å²) in [5.74, 6) is 0.298. The molecule has 1 aliphatic carbocycles. The van der Waals surface area contributed by atoms with Crippen molar-refractivity contribution in [3.05, 3.63) is 29.8 Å². The van der Waals surface area contributed by atoms with Crippen molar-refractivity contribution in [1.29, 1.82) is 0 Å². The summed E-state index contributed by atoms with van der Waals surface area (Å²) in [6, 6.07) is 7.32. The summed E-state index contributed by atoms with van der Waals surface area (Å²) in [6.45, 7) is 0. The molecule has 5 heteroatoms. The Hall–Kier alpha value is -1.62. The summed E-state index contributed by atoms with van der Waals surface area (Å²) >= 11 is 5.02. The van der Waals surface area contributed by atoms with E-state index in [1.807, 2.05) is 37.2 Å². The molecule has 0 aliphatic heterocycles. The predicted octanol–water partition coefficient (Wildman–Crippen LogP) is 1.55. The van der Waals surface area contributed by atoms with Gasteiger partial charge in [0.2, 0.25) is 0 Å². The molecule has 0 bridgehead atoms. The summed E-state index contributed by atoms with van der Waals surface area (Å²) in [5.41, 5.74) is 7.31. The summed E-state index contributed by atoms with van der Waals surface area (Å²) < 4.78 is 0. The van der Waals surface area contributed by atoms with Crippen molar-refractivity contribution in [3.63, 3.8) is 0 Å². The van der Waals surface area contributed by atoms with Gasteiger partial charge in [-0.2, -0.15) is 0 Å². The molecule has 1 saturated carbocycles. The molecule has 1 fully saturated rings. The van der Waals surface area contributed by atoms with Gasteiger partial charge in [0.05, 0.1) is 11.0 Å². The van der Waals surface area contributed by atoms with Crippen LogP contribution in [-0.2, 0) is 0 Å². The molecular formula is C14H19N3OS. The topological polar surface area (TPSA) is 58.4 Å². The van der Waals surface area contributed by atoms with Crippen molar-refractivity contribution in [2.75, 3.05) is 19.0 Å². The zero-order valence-electron chi connectivity index (χ0n) is 11.2. The Kier molecular flexibility index (Phi) is 4.04. The van der Waals surface area contributed by atoms with Crippen molar-refractivity contribution in [1.82, 2.24) is 5.32 Å². The minimum Gasteiger partial charge on any atom is -0.392 e. The van der Waals surface area contributed by atoms with E-state index >= 15 is 0 Å². The van der Waals surface area contributed by atoms with Crippen molar-refractivity contribution < 1.29 is 4.79 Å². The molecule has 1 atom stereocenters. The highest BCUT2D eigenvalue weighted by Gasteiger charge is 2.34. The normalized spacial score (nSPS) is 15.7. The van der Waals surface area contributed by atoms with Gasteiger partial charge < -0.3 is 16.0 Å². The Bertz CT molecular complexity index is 497. The van der Waals surface area contributed by atoms with E-state index in [-0.39, 0.29) is 11.9 Å². The van der Waals surface area contributed by atoms with Gasteiger partial charge in [-0.1, -0.05) is 18.3 Å². The van der Waals surface area contributed by atoms with E-state index in [2.05, 4.69) is 5.32 Å². The third kappa shape index (κ3) is 3.44. The Morgan fingerprint density at radius 2 is 2.16 bits per heavy atom. The first-order valence-corrected chi connectivity index (χ1v) is 6.77. The number of nitrogens with zero attached hydrogens (tertiary/aromatic N) is 1. The van der Waals surface area contributed by atoms with E-state index in [1.165, 1.54) is 0 Å². The molecule has 4 nitrogen and oxygen atoms in total. The molecule has 0 heterocycles. The summed E-state index contributed by atoms with van der Waals surface area (Å²) in [4.78, 5) is 14.6. The zero-order chi connectivity index (χ0) is 14.0. The standard InChI is InChI=1S/C14H19N3OS/c1-17(2)11-5-3-4-10(8-11)14(18)16-12(13(15)19)9-6-7-9/h3-5,8-9,12H,6-7H2,1-2H3,(H2,15,19)(H,16,18). The van der Waals surface area contributed by atoms with Gasteiger partial charge in [-0.3, -0.25) is 4.79 Å². The monoisotopic (exact) mass is 277 g/mol. The average Bonchev–Trinajstić information content (AvgIpc) is 3.19. The van der Waals surface area contributed by atoms with E-state index in [4.69, 9.17) is 18.0 Å². The van der Waals surface area contributed by atoms with E-state index in [1.54, 1.807) is 6.07 Å². The second-order valence-electron chi connectivity index (χ2n) is 5.14. The molecule has 19 heavy (non-hydrogen) atoms. The third-order valence-electron chi connectivity index (χ3n) is 3.31. The molecule has 1 unspecified atom stereocenters. The highest BCUT2D eigenvalue weighted by Crippen LogP contribution is 2.33. The second kappa shape index (κ2) is 5.57. The molecule has 102 valence electrons. The number of carbonyl (C=O) groups excluding carboxylic acids is 1. The highest BCUT2D eigenvalue weighted by molar-refractivity contribution is 7.80. The molecule has 0 saturated heterocycles. The van der Waals surface area contributed by atoms with Crippen LogP contribution in [0, 0.1) is 5.92 Å². The fourth-order valence-electron chi connectivity index (χ4n) is 2.00. The number of nitrogens with one attached hydrogen (secondary N) is 1. The van der Waals surface area contributed by atoms with Crippen LogP contribution in [0.3, 0.4) is 0 Å². The predicted molar refractivity (Wildman–Crippen MR) is 81.5 cm³/mol. The highest BCUT2D eigenvalue weighted by atomic mass is 32.1. The average molecular weight is 277 g/mol. The van der Waals surface area contributed by atoms with Gasteiger partial charge >= 0.3 is 0 Å². The summed E-state index contributed by atoms with van der Waals surface area (Å²) in [5, 5.41) is 2.94. The molecule has 3 N–H and O–H groups in total. The molecular weight excluding hydrogens is 258 g/mol. The fraction of sp³-hybridized carbons (Fsp3) is 0.429. The molecule has 1 aromatic carbocycles. The first-order chi connectivity index (χ1) is 8.99. The van der Waals surface area contributed by atoms with Gasteiger partial charge in [0.1, 0.15) is 0 Å². The van der Waals surface area contributed by atoms with Crippen molar-refractivity contribution in [2.45, 2.75) is 18.9 Å². The van der Waals surface area contributed by atoms with Gasteiger partial charge in [0.25, 0.3) is 5.91 Å². The SMILES string of the molecule is CN(C)c1cccc(C(=O)NC(C(N)=S)C2CC2)c1. The van der Waals surface area contributed by atoms with Crippen LogP contribution in [0.25, 0.3) is 0 Å². The first kappa shape index (κ1) is 13.8. The van der Waals surface area contributed by atoms with Crippen LogP contribution in [0.4, 0.5) is 5.69 Å². The number of rotatable bonds is 5. The second-order valence-corrected chi connectivity index (χ2v) is 5.61. The molecule has 0 spiro atoms. The Balaban J connectivity index is 2.10. The quantitative estimate of drug-likeness (QED) is 0.802. The lowest BCUT2D eigenvalue weighted by Crippen LogP contribution is -2.45. The Labute approximate surface area is 119 Å². The molecule has 1 aromatic rings. The van der Waals surface area contributed by atoms with Crippen molar-refractivity contribution >= 4 is 28.8 Å². The van der Waals surface area contributed by atoms with Crippen LogP contribution in [-0.4, -0.2) is 31.0 Å². The maximum Gasteiger partial charge on any atom is 0.251 e. The van der Waals surface area contributed by atoms with E-state index in [0.717, 1.165) is 18.5 Å². The van der Waals surface area contributed by atoms with E-state index in [0.29, 0.717) is 16.5 Å². The lowest BCUT2D eigenvalue weighted by molar-refractivity contribution is 0.0944. The van der Waals surface area contributed by atoms with Crippen molar-refractivity contribution in [2.24, 2.45) is 11.7 Å². The van der Waals surface area contributed by atoms with Crippen LogP contribution in [0.15, 0.2) is 24.3 Å². The van der Waals surface area contributed by atoms with Crippen molar-refractivity contribution in [3.8, 4) is 0 Å². The lowest BCUT2D eigenvalue weighted by Gasteiger charge is -2.18. The number of anilines is 1.